The van der Waals surface area contributed by atoms with Gasteiger partial charge in [0.15, 0.2) is 0 Å². The van der Waals surface area contributed by atoms with Gasteiger partial charge in [0, 0.05) is 62.0 Å². The molecule has 39 heavy (non-hydrogen) atoms. The van der Waals surface area contributed by atoms with Crippen LogP contribution >= 0.6 is 0 Å². The van der Waals surface area contributed by atoms with E-state index in [4.69, 9.17) is 10.1 Å². The number of likely N-dealkylation sites (N-methyl/N-ethyl adjacent to an activating group) is 1. The fourth-order valence-electron chi connectivity index (χ4n) is 3.82. The predicted octanol–water partition coefficient (Wildman–Crippen LogP) is 3.26. The third kappa shape index (κ3) is 11.1. The Kier molecular flexibility index (Phi) is 14.2. The van der Waals surface area contributed by atoms with Gasteiger partial charge in [-0.2, -0.15) is 0 Å². The number of nitrogens with one attached hydrogen (secondary N) is 5. The highest BCUT2D eigenvalue weighted by atomic mass is 16.5. The second-order valence-corrected chi connectivity index (χ2v) is 9.46. The summed E-state index contributed by atoms with van der Waals surface area (Å²) in [4.78, 5) is 19.8. The molecule has 1 aliphatic heterocycles. The molecule has 1 fully saturated rings. The topological polar surface area (TPSA) is 134 Å². The van der Waals surface area contributed by atoms with Gasteiger partial charge in [0.2, 0.25) is 0 Å². The molecular formula is C29H45N7O3. The van der Waals surface area contributed by atoms with Crippen LogP contribution in [0.25, 0.3) is 0 Å². The Balaban J connectivity index is 2.29. The minimum absolute atomic E-state index is 0.198. The summed E-state index contributed by atoms with van der Waals surface area (Å²) in [7, 11) is 1.73. The highest BCUT2D eigenvalue weighted by Gasteiger charge is 2.26. The zero-order valence-electron chi connectivity index (χ0n) is 23.9. The van der Waals surface area contributed by atoms with Crippen molar-refractivity contribution in [1.82, 2.24) is 20.9 Å². The van der Waals surface area contributed by atoms with E-state index in [1.54, 1.807) is 20.2 Å². The molecule has 0 spiro atoms. The van der Waals surface area contributed by atoms with Crippen molar-refractivity contribution < 1.29 is 14.6 Å². The molecule has 0 bridgehead atoms. The minimum atomic E-state index is -0.482. The first kappa shape index (κ1) is 31.9. The van der Waals surface area contributed by atoms with Crippen LogP contribution in [-0.2, 0) is 4.74 Å². The molecule has 10 nitrogen and oxygen atoms in total. The Hall–Kier alpha value is -3.31. The molecular weight excluding hydrogens is 494 g/mol. The summed E-state index contributed by atoms with van der Waals surface area (Å²) >= 11 is 0. The number of carbonyl (C=O) groups is 1. The summed E-state index contributed by atoms with van der Waals surface area (Å²) in [6.45, 7) is 11.2. The number of urea groups is 1. The molecule has 1 saturated heterocycles. The Morgan fingerprint density at radius 3 is 2.59 bits per heavy atom. The van der Waals surface area contributed by atoms with Gasteiger partial charge in [-0.3, -0.25) is 20.6 Å². The first-order chi connectivity index (χ1) is 18.8. The fraction of sp³-hybridized carbons (Fsp3) is 0.483. The maximum absolute atomic E-state index is 12.9. The number of benzene rings is 1. The lowest BCUT2D eigenvalue weighted by Crippen LogP contribution is -2.53. The highest BCUT2D eigenvalue weighted by Crippen LogP contribution is 2.16. The molecule has 0 radical (unpaired) electrons. The molecule has 0 aliphatic carbocycles. The predicted molar refractivity (Wildman–Crippen MR) is 159 cm³/mol. The van der Waals surface area contributed by atoms with Crippen LogP contribution in [0.15, 0.2) is 70.6 Å². The number of amides is 2. The van der Waals surface area contributed by atoms with Gasteiger partial charge in [-0.15, -0.1) is 0 Å². The lowest BCUT2D eigenvalue weighted by atomic mass is 10.0. The van der Waals surface area contributed by atoms with Crippen LogP contribution in [-0.4, -0.2) is 86.0 Å². The Labute approximate surface area is 232 Å². The van der Waals surface area contributed by atoms with Gasteiger partial charge in [0.1, 0.15) is 5.82 Å². The molecule has 2 rings (SSSR count). The number of anilines is 1. The van der Waals surface area contributed by atoms with Crippen LogP contribution in [0.5, 0.6) is 0 Å². The van der Waals surface area contributed by atoms with E-state index in [-0.39, 0.29) is 18.4 Å². The molecule has 10 heteroatoms. The number of rotatable bonds is 16. The number of aliphatic imine (C=N–C) groups is 1. The average Bonchev–Trinajstić information content (AvgIpc) is 2.92. The second-order valence-electron chi connectivity index (χ2n) is 9.46. The Bertz CT molecular complexity index is 1040. The lowest BCUT2D eigenvalue weighted by Gasteiger charge is -2.37. The van der Waals surface area contributed by atoms with Crippen LogP contribution in [0.2, 0.25) is 0 Å². The number of methoxy groups -OCH3 is 1. The molecule has 1 atom stereocenters. The summed E-state index contributed by atoms with van der Waals surface area (Å²) < 4.78 is 5.34. The van der Waals surface area contributed by atoms with E-state index in [1.807, 2.05) is 63.3 Å². The maximum atomic E-state index is 12.9. The van der Waals surface area contributed by atoms with Crippen molar-refractivity contribution in [2.75, 3.05) is 51.8 Å². The molecule has 0 aromatic heterocycles. The number of ether oxygens (including phenoxy) is 1. The fourth-order valence-corrected chi connectivity index (χ4v) is 3.82. The van der Waals surface area contributed by atoms with Crippen LogP contribution < -0.4 is 21.3 Å². The van der Waals surface area contributed by atoms with Gasteiger partial charge in [-0.1, -0.05) is 44.2 Å². The van der Waals surface area contributed by atoms with Crippen LogP contribution in [0, 0.1) is 5.41 Å². The first-order valence-corrected chi connectivity index (χ1v) is 13.5. The number of likely N-dealkylation sites (tertiary alicyclic amines) is 1. The van der Waals surface area contributed by atoms with E-state index < -0.39 is 12.1 Å². The normalized spacial score (nSPS) is 16.5. The van der Waals surface area contributed by atoms with E-state index in [0.29, 0.717) is 23.5 Å². The third-order valence-electron chi connectivity index (χ3n) is 6.18. The second kappa shape index (κ2) is 17.3. The molecule has 214 valence electrons. The summed E-state index contributed by atoms with van der Waals surface area (Å²) in [6.07, 6.45) is 6.67. The van der Waals surface area contributed by atoms with Gasteiger partial charge in [-0.05, 0) is 38.9 Å². The van der Waals surface area contributed by atoms with Crippen molar-refractivity contribution >= 4 is 23.1 Å². The molecule has 2 amide bonds. The number of carbonyl (C=O) groups excluding carboxylic acids is 1. The zero-order valence-corrected chi connectivity index (χ0v) is 23.9. The summed E-state index contributed by atoms with van der Waals surface area (Å²) in [5.41, 5.74) is 3.09. The Morgan fingerprint density at radius 2 is 1.97 bits per heavy atom. The molecule has 1 aromatic carbocycles. The van der Waals surface area contributed by atoms with E-state index in [1.165, 1.54) is 0 Å². The number of hydrogen-bond donors (Lipinski definition) is 6. The molecule has 1 aliphatic rings. The van der Waals surface area contributed by atoms with Crippen molar-refractivity contribution in [2.45, 2.75) is 46.3 Å². The van der Waals surface area contributed by atoms with Gasteiger partial charge in [0.25, 0.3) is 0 Å². The minimum Gasteiger partial charge on any atom is -0.394 e. The molecule has 1 heterocycles. The van der Waals surface area contributed by atoms with Crippen molar-refractivity contribution in [2.24, 2.45) is 4.99 Å². The largest absolute Gasteiger partial charge is 0.394 e. The van der Waals surface area contributed by atoms with Crippen LogP contribution in [0.3, 0.4) is 0 Å². The van der Waals surface area contributed by atoms with Gasteiger partial charge >= 0.3 is 6.03 Å². The SMILES string of the molecule is CC\C=C/C(=C\N=C(/C)CN1CC(OC)C1)C(=N)/C(C)=C(/NC(=O)N[C@@H](CO)CNCC)Nc1ccccc1. The number of allylic oxidation sites excluding steroid dienone is 4. The van der Waals surface area contributed by atoms with Gasteiger partial charge in [0.05, 0.1) is 24.5 Å². The van der Waals surface area contributed by atoms with E-state index in [9.17, 15) is 9.90 Å². The molecule has 6 N–H and O–H groups in total. The van der Waals surface area contributed by atoms with Gasteiger partial charge in [-0.25, -0.2) is 4.79 Å². The van der Waals surface area contributed by atoms with E-state index >= 15 is 0 Å². The van der Waals surface area contributed by atoms with Crippen LogP contribution in [0.4, 0.5) is 10.5 Å². The standard InChI is InChI=1S/C29H45N7O3/c1-6-8-12-23(15-32-21(3)17-36-18-26(19-36)39-5)27(30)22(4)28(33-24-13-10-9-11-14-24)35-29(38)34-25(20-37)16-31-7-2/h8-15,25-26,30-31,33,37H,6-7,16-20H2,1-5H3,(H2,34,35,38)/b12-8-,23-15+,28-22+,30-27?,32-21+/t25-/m1/s1. The monoisotopic (exact) mass is 539 g/mol. The average molecular weight is 540 g/mol. The first-order valence-electron chi connectivity index (χ1n) is 13.5. The zero-order chi connectivity index (χ0) is 28.6. The molecule has 1 aromatic rings. The van der Waals surface area contributed by atoms with Crippen molar-refractivity contribution in [3.05, 3.63) is 65.7 Å². The highest BCUT2D eigenvalue weighted by molar-refractivity contribution is 6.12. The number of aliphatic hydroxyl groups is 1. The van der Waals surface area contributed by atoms with E-state index in [2.05, 4.69) is 31.2 Å². The Morgan fingerprint density at radius 1 is 1.26 bits per heavy atom. The quantitative estimate of drug-likeness (QED) is 0.141. The van der Waals surface area contributed by atoms with Gasteiger partial charge < -0.3 is 25.8 Å². The third-order valence-corrected chi connectivity index (χ3v) is 6.18. The smallest absolute Gasteiger partial charge is 0.320 e. The van der Waals surface area contributed by atoms with Crippen LogP contribution in [0.1, 0.15) is 34.1 Å². The lowest BCUT2D eigenvalue weighted by molar-refractivity contribution is -0.0212. The number of para-hydroxylation sites is 1. The van der Waals surface area contributed by atoms with Crippen molar-refractivity contribution in [3.8, 4) is 0 Å². The number of hydrogen-bond acceptors (Lipinski definition) is 8. The van der Waals surface area contributed by atoms with Crippen molar-refractivity contribution in [1.29, 1.82) is 5.41 Å². The summed E-state index contributed by atoms with van der Waals surface area (Å²) in [6, 6.07) is 8.51. The number of aliphatic hydroxyl groups excluding tert-OH is 1. The van der Waals surface area contributed by atoms with Crippen molar-refractivity contribution in [3.63, 3.8) is 0 Å². The number of nitrogens with zero attached hydrogens (tertiary/aromatic N) is 2. The maximum Gasteiger partial charge on any atom is 0.320 e. The summed E-state index contributed by atoms with van der Waals surface area (Å²) in [5.74, 6) is 0.367. The van der Waals surface area contributed by atoms with E-state index in [0.717, 1.165) is 44.0 Å². The molecule has 0 saturated carbocycles. The summed E-state index contributed by atoms with van der Waals surface area (Å²) in [5, 5.41) is 30.6. The molecule has 0 unspecified atom stereocenters.